The molecule has 2 aromatic rings. The molecule has 0 fully saturated rings. The first-order valence-electron chi connectivity index (χ1n) is 4.89. The van der Waals surface area contributed by atoms with Gasteiger partial charge in [-0.2, -0.15) is 0 Å². The summed E-state index contributed by atoms with van der Waals surface area (Å²) in [6, 6.07) is 0. The fraction of sp³-hybridized carbons (Fsp3) is 0.400. The third kappa shape index (κ3) is 2.36. The molecule has 0 saturated carbocycles. The largest absolute Gasteiger partial charge is 0.359 e. The molecule has 0 aliphatic heterocycles. The zero-order valence-corrected chi connectivity index (χ0v) is 9.71. The topological polar surface area (TPSA) is 42.7 Å². The quantitative estimate of drug-likeness (QED) is 0.859. The van der Waals surface area contributed by atoms with Crippen LogP contribution >= 0.6 is 11.3 Å². The van der Waals surface area contributed by atoms with E-state index < -0.39 is 0 Å². The van der Waals surface area contributed by atoms with Crippen LogP contribution in [0.5, 0.6) is 0 Å². The van der Waals surface area contributed by atoms with Crippen LogP contribution in [0.4, 0.5) is 5.95 Å². The Bertz CT molecular complexity index is 419. The number of anilines is 1. The Hall–Kier alpha value is -1.36. The Balaban J connectivity index is 2.04. The van der Waals surface area contributed by atoms with E-state index in [0.717, 1.165) is 24.6 Å². The smallest absolute Gasteiger partial charge is 0.202 e. The monoisotopic (exact) mass is 222 g/mol. The lowest BCUT2D eigenvalue weighted by atomic mass is 10.4. The van der Waals surface area contributed by atoms with E-state index in [2.05, 4.69) is 26.0 Å². The van der Waals surface area contributed by atoms with Crippen molar-refractivity contribution in [3.05, 3.63) is 28.5 Å². The van der Waals surface area contributed by atoms with Crippen molar-refractivity contribution in [2.45, 2.75) is 19.9 Å². The first kappa shape index (κ1) is 10.2. The number of aromatic nitrogens is 3. The lowest BCUT2D eigenvalue weighted by Gasteiger charge is -2.04. The third-order valence-electron chi connectivity index (χ3n) is 2.17. The molecular formula is C10H14N4S. The van der Waals surface area contributed by atoms with Crippen LogP contribution in [0.1, 0.15) is 10.7 Å². The van der Waals surface area contributed by atoms with Crippen LogP contribution in [0.15, 0.2) is 17.8 Å². The van der Waals surface area contributed by atoms with Crippen molar-refractivity contribution in [2.24, 2.45) is 0 Å². The van der Waals surface area contributed by atoms with Crippen LogP contribution in [0, 0.1) is 6.92 Å². The Labute approximate surface area is 93.0 Å². The van der Waals surface area contributed by atoms with Gasteiger partial charge in [-0.15, -0.1) is 11.3 Å². The fourth-order valence-electron chi connectivity index (χ4n) is 1.51. The van der Waals surface area contributed by atoms with Gasteiger partial charge in [-0.25, -0.2) is 9.97 Å². The summed E-state index contributed by atoms with van der Waals surface area (Å²) < 4.78 is 2.12. The molecule has 80 valence electrons. The number of hydrogen-bond donors (Lipinski definition) is 1. The van der Waals surface area contributed by atoms with Gasteiger partial charge < -0.3 is 9.88 Å². The van der Waals surface area contributed by atoms with E-state index in [1.165, 1.54) is 5.01 Å². The minimum absolute atomic E-state index is 0.920. The molecule has 0 radical (unpaired) electrons. The number of imidazole rings is 1. The summed E-state index contributed by atoms with van der Waals surface area (Å²) in [6.45, 7) is 2.92. The average Bonchev–Trinajstić information content (AvgIpc) is 2.83. The van der Waals surface area contributed by atoms with E-state index >= 15 is 0 Å². The van der Waals surface area contributed by atoms with Crippen molar-refractivity contribution >= 4 is 17.3 Å². The van der Waals surface area contributed by atoms with Gasteiger partial charge in [0, 0.05) is 37.8 Å². The van der Waals surface area contributed by atoms with Crippen molar-refractivity contribution in [1.82, 2.24) is 14.5 Å². The van der Waals surface area contributed by atoms with Crippen LogP contribution in [0.3, 0.4) is 0 Å². The van der Waals surface area contributed by atoms with Crippen LogP contribution in [-0.4, -0.2) is 21.6 Å². The van der Waals surface area contributed by atoms with E-state index in [0.29, 0.717) is 0 Å². The Morgan fingerprint density at radius 1 is 1.53 bits per heavy atom. The zero-order valence-electron chi connectivity index (χ0n) is 8.90. The van der Waals surface area contributed by atoms with Gasteiger partial charge in [0.05, 0.1) is 10.7 Å². The van der Waals surface area contributed by atoms with Crippen molar-refractivity contribution in [1.29, 1.82) is 0 Å². The second-order valence-electron chi connectivity index (χ2n) is 3.33. The molecule has 0 atom stereocenters. The molecule has 0 aliphatic rings. The Kier molecular flexibility index (Phi) is 3.01. The minimum Gasteiger partial charge on any atom is -0.359 e. The van der Waals surface area contributed by atoms with Crippen LogP contribution in [0.25, 0.3) is 0 Å². The van der Waals surface area contributed by atoms with E-state index in [1.54, 1.807) is 11.3 Å². The Morgan fingerprint density at radius 2 is 2.40 bits per heavy atom. The third-order valence-corrected chi connectivity index (χ3v) is 3.01. The van der Waals surface area contributed by atoms with Crippen molar-refractivity contribution in [3.63, 3.8) is 0 Å². The van der Waals surface area contributed by atoms with Gasteiger partial charge in [0.1, 0.15) is 0 Å². The molecule has 2 heterocycles. The Morgan fingerprint density at radius 3 is 3.07 bits per heavy atom. The van der Waals surface area contributed by atoms with E-state index in [9.17, 15) is 0 Å². The highest BCUT2D eigenvalue weighted by Crippen LogP contribution is 2.11. The maximum absolute atomic E-state index is 4.36. The van der Waals surface area contributed by atoms with Crippen LogP contribution in [0.2, 0.25) is 0 Å². The molecule has 0 saturated heterocycles. The van der Waals surface area contributed by atoms with Crippen molar-refractivity contribution < 1.29 is 0 Å². The molecule has 0 bridgehead atoms. The van der Waals surface area contributed by atoms with E-state index in [4.69, 9.17) is 0 Å². The fourth-order valence-corrected chi connectivity index (χ4v) is 2.12. The summed E-state index contributed by atoms with van der Waals surface area (Å²) in [6.07, 6.45) is 4.86. The van der Waals surface area contributed by atoms with E-state index in [-0.39, 0.29) is 0 Å². The summed E-state index contributed by atoms with van der Waals surface area (Å²) in [7, 11) is 1.89. The molecule has 2 aromatic heterocycles. The molecule has 15 heavy (non-hydrogen) atoms. The molecule has 4 nitrogen and oxygen atoms in total. The minimum atomic E-state index is 0.920. The van der Waals surface area contributed by atoms with Gasteiger partial charge in [-0.05, 0) is 6.92 Å². The number of nitrogens with zero attached hydrogens (tertiary/aromatic N) is 3. The zero-order chi connectivity index (χ0) is 10.7. The van der Waals surface area contributed by atoms with Crippen molar-refractivity contribution in [3.8, 4) is 0 Å². The van der Waals surface area contributed by atoms with Crippen LogP contribution < -0.4 is 5.32 Å². The molecular weight excluding hydrogens is 208 g/mol. The van der Waals surface area contributed by atoms with Gasteiger partial charge in [-0.1, -0.05) is 0 Å². The molecule has 1 N–H and O–H groups in total. The first-order chi connectivity index (χ1) is 7.29. The number of aryl methyl sites for hydroxylation is 3. The molecule has 2 rings (SSSR count). The maximum Gasteiger partial charge on any atom is 0.202 e. The predicted octanol–water partition coefficient (Wildman–Crippen LogP) is 1.93. The van der Waals surface area contributed by atoms with Crippen LogP contribution in [-0.2, 0) is 13.0 Å². The predicted molar refractivity (Wildman–Crippen MR) is 62.3 cm³/mol. The van der Waals surface area contributed by atoms with Crippen molar-refractivity contribution in [2.75, 3.05) is 12.4 Å². The molecule has 5 heteroatoms. The lowest BCUT2D eigenvalue weighted by molar-refractivity contribution is 0.699. The summed E-state index contributed by atoms with van der Waals surface area (Å²) in [5, 5.41) is 6.26. The number of thiazole rings is 1. The summed E-state index contributed by atoms with van der Waals surface area (Å²) >= 11 is 1.70. The van der Waals surface area contributed by atoms with Gasteiger partial charge in [0.2, 0.25) is 5.95 Å². The highest BCUT2D eigenvalue weighted by atomic mass is 32.1. The summed E-state index contributed by atoms with van der Waals surface area (Å²) in [5.41, 5.74) is 1.04. The highest BCUT2D eigenvalue weighted by molar-refractivity contribution is 7.09. The molecule has 0 spiro atoms. The van der Waals surface area contributed by atoms with Gasteiger partial charge >= 0.3 is 0 Å². The summed E-state index contributed by atoms with van der Waals surface area (Å²) in [4.78, 5) is 8.62. The summed E-state index contributed by atoms with van der Waals surface area (Å²) in [5.74, 6) is 0.920. The van der Waals surface area contributed by atoms with Gasteiger partial charge in [0.25, 0.3) is 0 Å². The standard InChI is InChI=1S/C10H14N4S/c1-8-7-14(10(11-2)13-8)5-3-9-12-4-6-15-9/h4,6-7H,3,5H2,1-2H3,(H,11,13). The second kappa shape index (κ2) is 4.44. The van der Waals surface area contributed by atoms with Gasteiger partial charge in [-0.3, -0.25) is 0 Å². The van der Waals surface area contributed by atoms with Gasteiger partial charge in [0.15, 0.2) is 0 Å². The number of rotatable bonds is 4. The highest BCUT2D eigenvalue weighted by Gasteiger charge is 2.04. The molecule has 0 unspecified atom stereocenters. The number of hydrogen-bond acceptors (Lipinski definition) is 4. The molecule has 0 aromatic carbocycles. The lowest BCUT2D eigenvalue weighted by Crippen LogP contribution is -2.04. The second-order valence-corrected chi connectivity index (χ2v) is 4.30. The first-order valence-corrected chi connectivity index (χ1v) is 5.77. The van der Waals surface area contributed by atoms with E-state index in [1.807, 2.05) is 25.5 Å². The SMILES string of the molecule is CNc1nc(C)cn1CCc1nccs1. The average molecular weight is 222 g/mol. The molecule has 0 aliphatic carbocycles. The number of nitrogens with one attached hydrogen (secondary N) is 1. The molecule has 0 amide bonds. The normalized spacial score (nSPS) is 10.5. The maximum atomic E-state index is 4.36.